The topological polar surface area (TPSA) is 84.6 Å². The van der Waals surface area contributed by atoms with Crippen LogP contribution in [0.3, 0.4) is 0 Å². The number of benzene rings is 1. The molecule has 1 heterocycles. The molecule has 0 fully saturated rings. The molecule has 0 bridgehead atoms. The predicted molar refractivity (Wildman–Crippen MR) is 77.2 cm³/mol. The van der Waals surface area contributed by atoms with Gasteiger partial charge in [0, 0.05) is 22.6 Å². The van der Waals surface area contributed by atoms with E-state index in [9.17, 15) is 14.9 Å². The highest BCUT2D eigenvalue weighted by Gasteiger charge is 2.10. The van der Waals surface area contributed by atoms with Crippen LogP contribution >= 0.6 is 11.3 Å². The third-order valence-electron chi connectivity index (χ3n) is 2.57. The van der Waals surface area contributed by atoms with Crippen LogP contribution in [0.4, 0.5) is 5.69 Å². The molecule has 0 aliphatic carbocycles. The summed E-state index contributed by atoms with van der Waals surface area (Å²) in [4.78, 5) is 22.8. The molecule has 1 N–H and O–H groups in total. The van der Waals surface area contributed by atoms with Crippen LogP contribution in [0.15, 0.2) is 40.8 Å². The first-order valence-electron chi connectivity index (χ1n) is 5.70. The Balaban J connectivity index is 2.05. The van der Waals surface area contributed by atoms with Crippen LogP contribution in [0.2, 0.25) is 0 Å². The number of non-ortho nitro benzene ring substituents is 1. The van der Waals surface area contributed by atoms with Crippen molar-refractivity contribution in [3.63, 3.8) is 0 Å². The van der Waals surface area contributed by atoms with E-state index in [2.05, 4.69) is 10.5 Å². The SMILES string of the molecule is Cc1ccsc1C=NNC(=O)c1cccc([N+](=O)[O-])c1. The Labute approximate surface area is 118 Å². The zero-order valence-corrected chi connectivity index (χ0v) is 11.4. The lowest BCUT2D eigenvalue weighted by Crippen LogP contribution is -2.17. The molecule has 0 spiro atoms. The second-order valence-corrected chi connectivity index (χ2v) is 4.92. The molecule has 7 heteroatoms. The number of nitrogens with zero attached hydrogens (tertiary/aromatic N) is 2. The fraction of sp³-hybridized carbons (Fsp3) is 0.0769. The van der Waals surface area contributed by atoms with Crippen LogP contribution in [0.25, 0.3) is 0 Å². The van der Waals surface area contributed by atoms with Gasteiger partial charge in [-0.3, -0.25) is 14.9 Å². The quantitative estimate of drug-likeness (QED) is 0.533. The van der Waals surface area contributed by atoms with E-state index in [1.165, 1.54) is 35.6 Å². The predicted octanol–water partition coefficient (Wildman–Crippen LogP) is 2.73. The number of carbonyl (C=O) groups is 1. The van der Waals surface area contributed by atoms with Crippen molar-refractivity contribution in [3.05, 3.63) is 61.8 Å². The summed E-state index contributed by atoms with van der Waals surface area (Å²) in [6.07, 6.45) is 1.55. The lowest BCUT2D eigenvalue weighted by molar-refractivity contribution is -0.384. The van der Waals surface area contributed by atoms with E-state index in [1.54, 1.807) is 6.21 Å². The monoisotopic (exact) mass is 289 g/mol. The van der Waals surface area contributed by atoms with E-state index >= 15 is 0 Å². The van der Waals surface area contributed by atoms with Crippen LogP contribution in [-0.2, 0) is 0 Å². The molecular weight excluding hydrogens is 278 g/mol. The molecule has 0 aliphatic rings. The van der Waals surface area contributed by atoms with Crippen molar-refractivity contribution in [1.82, 2.24) is 5.43 Å². The van der Waals surface area contributed by atoms with Crippen molar-refractivity contribution in [2.24, 2.45) is 5.10 Å². The summed E-state index contributed by atoms with van der Waals surface area (Å²) in [5, 5.41) is 16.4. The minimum absolute atomic E-state index is 0.129. The standard InChI is InChI=1S/C13H11N3O3S/c1-9-5-6-20-12(9)8-14-15-13(17)10-3-2-4-11(7-10)16(18)19/h2-8H,1H3,(H,15,17). The number of carbonyl (C=O) groups excluding carboxylic acids is 1. The van der Waals surface area contributed by atoms with Gasteiger partial charge in [0.25, 0.3) is 11.6 Å². The summed E-state index contributed by atoms with van der Waals surface area (Å²) >= 11 is 1.51. The molecule has 0 saturated heterocycles. The van der Waals surface area contributed by atoms with Crippen molar-refractivity contribution in [1.29, 1.82) is 0 Å². The minimum atomic E-state index is -0.547. The van der Waals surface area contributed by atoms with Crippen molar-refractivity contribution in [2.75, 3.05) is 0 Å². The Morgan fingerprint density at radius 1 is 1.45 bits per heavy atom. The summed E-state index contributed by atoms with van der Waals surface area (Å²) in [6.45, 7) is 1.94. The van der Waals surface area contributed by atoms with Crippen LogP contribution in [0.5, 0.6) is 0 Å². The Bertz CT molecular complexity index is 679. The molecule has 0 atom stereocenters. The molecule has 20 heavy (non-hydrogen) atoms. The first-order valence-corrected chi connectivity index (χ1v) is 6.58. The number of nitro benzene ring substituents is 1. The average molecular weight is 289 g/mol. The summed E-state index contributed by atoms with van der Waals surface area (Å²) in [5.41, 5.74) is 3.48. The number of aryl methyl sites for hydroxylation is 1. The normalized spacial score (nSPS) is 10.7. The Morgan fingerprint density at radius 3 is 2.90 bits per heavy atom. The molecule has 0 unspecified atom stereocenters. The van der Waals surface area contributed by atoms with E-state index in [4.69, 9.17) is 0 Å². The van der Waals surface area contributed by atoms with Gasteiger partial charge in [-0.2, -0.15) is 5.10 Å². The maximum atomic E-state index is 11.8. The van der Waals surface area contributed by atoms with Crippen molar-refractivity contribution < 1.29 is 9.72 Å². The summed E-state index contributed by atoms with van der Waals surface area (Å²) in [6, 6.07) is 7.44. The lowest BCUT2D eigenvalue weighted by Gasteiger charge is -1.99. The largest absolute Gasteiger partial charge is 0.271 e. The Morgan fingerprint density at radius 2 is 2.25 bits per heavy atom. The van der Waals surface area contributed by atoms with Gasteiger partial charge in [0.05, 0.1) is 11.1 Å². The molecular formula is C13H11N3O3S. The lowest BCUT2D eigenvalue weighted by atomic mass is 10.2. The maximum Gasteiger partial charge on any atom is 0.271 e. The van der Waals surface area contributed by atoms with Crippen LogP contribution in [0, 0.1) is 17.0 Å². The Hall–Kier alpha value is -2.54. The molecule has 2 rings (SSSR count). The number of nitrogens with one attached hydrogen (secondary N) is 1. The molecule has 2 aromatic rings. The first-order chi connectivity index (χ1) is 9.58. The number of amides is 1. The molecule has 102 valence electrons. The Kier molecular flexibility index (Phi) is 4.21. The van der Waals surface area contributed by atoms with Crippen LogP contribution in [-0.4, -0.2) is 17.0 Å². The van der Waals surface area contributed by atoms with Gasteiger partial charge < -0.3 is 0 Å². The van der Waals surface area contributed by atoms with Gasteiger partial charge >= 0.3 is 0 Å². The highest BCUT2D eigenvalue weighted by Crippen LogP contribution is 2.13. The van der Waals surface area contributed by atoms with Crippen LogP contribution in [0.1, 0.15) is 20.8 Å². The molecule has 0 aliphatic heterocycles. The molecule has 0 radical (unpaired) electrons. The zero-order chi connectivity index (χ0) is 14.5. The number of thiophene rings is 1. The number of hydrogen-bond donors (Lipinski definition) is 1. The molecule has 1 aromatic heterocycles. The van der Waals surface area contributed by atoms with Gasteiger partial charge in [-0.1, -0.05) is 6.07 Å². The second kappa shape index (κ2) is 6.07. The second-order valence-electron chi connectivity index (χ2n) is 3.97. The van der Waals surface area contributed by atoms with Gasteiger partial charge in [0.2, 0.25) is 0 Å². The number of hydrazone groups is 1. The molecule has 0 saturated carbocycles. The first kappa shape index (κ1) is 13.9. The molecule has 1 aromatic carbocycles. The number of hydrogen-bond acceptors (Lipinski definition) is 5. The zero-order valence-electron chi connectivity index (χ0n) is 10.6. The van der Waals surface area contributed by atoms with Crippen LogP contribution < -0.4 is 5.43 Å². The fourth-order valence-corrected chi connectivity index (χ4v) is 2.28. The van der Waals surface area contributed by atoms with Gasteiger partial charge in [0.15, 0.2) is 0 Å². The van der Waals surface area contributed by atoms with Gasteiger partial charge in [0.1, 0.15) is 0 Å². The van der Waals surface area contributed by atoms with Gasteiger partial charge in [-0.25, -0.2) is 5.43 Å². The summed E-state index contributed by atoms with van der Waals surface area (Å²) in [5.74, 6) is -0.487. The third-order valence-corrected chi connectivity index (χ3v) is 3.52. The molecule has 6 nitrogen and oxygen atoms in total. The average Bonchev–Trinajstić information content (AvgIpc) is 2.84. The van der Waals surface area contributed by atoms with Gasteiger partial charge in [-0.05, 0) is 30.0 Å². The number of nitro groups is 1. The van der Waals surface area contributed by atoms with Gasteiger partial charge in [-0.15, -0.1) is 11.3 Å². The smallest absolute Gasteiger partial charge is 0.267 e. The summed E-state index contributed by atoms with van der Waals surface area (Å²) < 4.78 is 0. The maximum absolute atomic E-state index is 11.8. The van der Waals surface area contributed by atoms with E-state index in [0.29, 0.717) is 0 Å². The van der Waals surface area contributed by atoms with Crippen molar-refractivity contribution in [3.8, 4) is 0 Å². The molecule has 1 amide bonds. The van der Waals surface area contributed by atoms with E-state index in [0.717, 1.165) is 10.4 Å². The third kappa shape index (κ3) is 3.27. The fourth-order valence-electron chi connectivity index (χ4n) is 1.49. The van der Waals surface area contributed by atoms with E-state index < -0.39 is 10.8 Å². The minimum Gasteiger partial charge on any atom is -0.267 e. The van der Waals surface area contributed by atoms with Crippen molar-refractivity contribution >= 4 is 29.1 Å². The highest BCUT2D eigenvalue weighted by atomic mass is 32.1. The summed E-state index contributed by atoms with van der Waals surface area (Å²) in [7, 11) is 0. The van der Waals surface area contributed by atoms with E-state index in [1.807, 2.05) is 18.4 Å². The van der Waals surface area contributed by atoms with Crippen molar-refractivity contribution in [2.45, 2.75) is 6.92 Å². The highest BCUT2D eigenvalue weighted by molar-refractivity contribution is 7.11. The number of rotatable bonds is 4. The van der Waals surface area contributed by atoms with E-state index in [-0.39, 0.29) is 11.3 Å².